The minimum Gasteiger partial charge on any atom is -0.476 e. The lowest BCUT2D eigenvalue weighted by Crippen LogP contribution is -2.63. The summed E-state index contributed by atoms with van der Waals surface area (Å²) in [5.74, 6) is -0.367. The Morgan fingerprint density at radius 1 is 1.35 bits per heavy atom. The molecule has 0 amide bonds. The molecular formula is C17H18FN3O2. The number of carboxylic acids is 1. The Kier molecular flexibility index (Phi) is 3.55. The van der Waals surface area contributed by atoms with Gasteiger partial charge in [0.25, 0.3) is 0 Å². The highest BCUT2D eigenvalue weighted by atomic mass is 19.1. The van der Waals surface area contributed by atoms with Crippen LogP contribution in [0.3, 0.4) is 0 Å². The Labute approximate surface area is 133 Å². The van der Waals surface area contributed by atoms with E-state index in [1.54, 1.807) is 12.1 Å². The lowest BCUT2D eigenvalue weighted by Gasteiger charge is -2.55. The molecule has 1 aromatic heterocycles. The number of nitrogens with zero attached hydrogens (tertiary/aromatic N) is 3. The van der Waals surface area contributed by atoms with Crippen LogP contribution in [-0.4, -0.2) is 33.1 Å². The molecule has 1 atom stereocenters. The summed E-state index contributed by atoms with van der Waals surface area (Å²) in [6, 6.07) is 5.84. The molecule has 0 aliphatic carbocycles. The number of carbonyl (C=O) groups is 1. The second-order valence-corrected chi connectivity index (χ2v) is 6.40. The molecule has 0 bridgehead atoms. The van der Waals surface area contributed by atoms with Crippen molar-refractivity contribution >= 4 is 11.8 Å². The molecule has 2 heterocycles. The number of aromatic nitrogens is 2. The Balaban J connectivity index is 2.12. The van der Waals surface area contributed by atoms with Gasteiger partial charge >= 0.3 is 5.97 Å². The molecule has 1 aliphatic rings. The smallest absolute Gasteiger partial charge is 0.356 e. The number of benzene rings is 1. The highest BCUT2D eigenvalue weighted by Gasteiger charge is 2.45. The van der Waals surface area contributed by atoms with E-state index in [0.717, 1.165) is 6.54 Å². The van der Waals surface area contributed by atoms with Crippen molar-refractivity contribution in [2.24, 2.45) is 5.92 Å². The minimum atomic E-state index is -1.14. The van der Waals surface area contributed by atoms with E-state index in [4.69, 9.17) is 5.11 Å². The fourth-order valence-electron chi connectivity index (χ4n) is 2.73. The van der Waals surface area contributed by atoms with E-state index < -0.39 is 5.97 Å². The number of carboxylic acid groups (broad SMARTS) is 1. The SMILES string of the molecule is CC1CN(c2ncc(C(=O)O)nc2-c2ccc(F)cc2)C1(C)C. The molecule has 1 aliphatic heterocycles. The third-order valence-electron chi connectivity index (χ3n) is 4.70. The van der Waals surface area contributed by atoms with Crippen molar-refractivity contribution in [3.05, 3.63) is 42.0 Å². The van der Waals surface area contributed by atoms with E-state index in [0.29, 0.717) is 23.0 Å². The van der Waals surface area contributed by atoms with Crippen LogP contribution in [0.5, 0.6) is 0 Å². The number of hydrogen-bond donors (Lipinski definition) is 1. The normalized spacial score (nSPS) is 19.3. The lowest BCUT2D eigenvalue weighted by molar-refractivity contribution is 0.0690. The van der Waals surface area contributed by atoms with Crippen LogP contribution < -0.4 is 4.90 Å². The summed E-state index contributed by atoms with van der Waals surface area (Å²) >= 11 is 0. The molecule has 1 unspecified atom stereocenters. The summed E-state index contributed by atoms with van der Waals surface area (Å²) in [6.45, 7) is 7.21. The quantitative estimate of drug-likeness (QED) is 0.942. The maximum Gasteiger partial charge on any atom is 0.356 e. The van der Waals surface area contributed by atoms with Crippen molar-refractivity contribution in [2.75, 3.05) is 11.4 Å². The molecule has 2 aromatic rings. The minimum absolute atomic E-state index is 0.0891. The fraction of sp³-hybridized carbons (Fsp3) is 0.353. The monoisotopic (exact) mass is 315 g/mol. The maximum atomic E-state index is 13.2. The van der Waals surface area contributed by atoms with Crippen LogP contribution in [0.25, 0.3) is 11.3 Å². The first-order chi connectivity index (χ1) is 10.8. The molecule has 6 heteroatoms. The third-order valence-corrected chi connectivity index (χ3v) is 4.70. The van der Waals surface area contributed by atoms with Crippen molar-refractivity contribution in [3.63, 3.8) is 0 Å². The van der Waals surface area contributed by atoms with Crippen LogP contribution >= 0.6 is 0 Å². The zero-order chi connectivity index (χ0) is 16.8. The first-order valence-electron chi connectivity index (χ1n) is 7.44. The van der Waals surface area contributed by atoms with Gasteiger partial charge in [-0.3, -0.25) is 0 Å². The Morgan fingerprint density at radius 3 is 2.52 bits per heavy atom. The molecule has 0 radical (unpaired) electrons. The van der Waals surface area contributed by atoms with E-state index in [1.165, 1.54) is 18.3 Å². The van der Waals surface area contributed by atoms with Gasteiger partial charge in [0.1, 0.15) is 11.5 Å². The fourth-order valence-corrected chi connectivity index (χ4v) is 2.73. The largest absolute Gasteiger partial charge is 0.476 e. The van der Waals surface area contributed by atoms with Gasteiger partial charge in [-0.25, -0.2) is 19.2 Å². The van der Waals surface area contributed by atoms with E-state index in [2.05, 4.69) is 35.6 Å². The second kappa shape index (κ2) is 5.30. The summed E-state index contributed by atoms with van der Waals surface area (Å²) < 4.78 is 13.2. The molecule has 120 valence electrons. The van der Waals surface area contributed by atoms with Crippen LogP contribution in [0.1, 0.15) is 31.3 Å². The number of hydrogen-bond acceptors (Lipinski definition) is 4. The highest BCUT2D eigenvalue weighted by Crippen LogP contribution is 2.42. The molecule has 0 saturated carbocycles. The molecule has 23 heavy (non-hydrogen) atoms. The molecule has 1 saturated heterocycles. The lowest BCUT2D eigenvalue weighted by atomic mass is 9.78. The Bertz CT molecular complexity index is 759. The second-order valence-electron chi connectivity index (χ2n) is 6.40. The standard InChI is InChI=1S/C17H18FN3O2/c1-10-9-21(17(10,2)3)15-14(11-4-6-12(18)7-5-11)20-13(8-19-15)16(22)23/h4-8,10H,9H2,1-3H3,(H,22,23). The van der Waals surface area contributed by atoms with Crippen LogP contribution in [0.4, 0.5) is 10.2 Å². The van der Waals surface area contributed by atoms with Crippen molar-refractivity contribution in [2.45, 2.75) is 26.3 Å². The van der Waals surface area contributed by atoms with Gasteiger partial charge in [-0.15, -0.1) is 0 Å². The van der Waals surface area contributed by atoms with Gasteiger partial charge in [0.05, 0.1) is 6.20 Å². The number of rotatable bonds is 3. The van der Waals surface area contributed by atoms with Gasteiger partial charge < -0.3 is 10.0 Å². The average Bonchev–Trinajstić information content (AvgIpc) is 2.53. The van der Waals surface area contributed by atoms with Gasteiger partial charge in [0.15, 0.2) is 11.5 Å². The third kappa shape index (κ3) is 2.54. The first kappa shape index (κ1) is 15.4. The highest BCUT2D eigenvalue weighted by molar-refractivity contribution is 5.87. The summed E-state index contributed by atoms with van der Waals surface area (Å²) in [6.07, 6.45) is 1.27. The molecular weight excluding hydrogens is 297 g/mol. The average molecular weight is 315 g/mol. The molecule has 0 spiro atoms. The van der Waals surface area contributed by atoms with Crippen LogP contribution in [-0.2, 0) is 0 Å². The van der Waals surface area contributed by atoms with E-state index in [1.807, 2.05) is 0 Å². The van der Waals surface area contributed by atoms with Crippen molar-refractivity contribution in [1.29, 1.82) is 0 Å². The van der Waals surface area contributed by atoms with Crippen LogP contribution in [0.15, 0.2) is 30.5 Å². The van der Waals surface area contributed by atoms with Gasteiger partial charge in [-0.1, -0.05) is 6.92 Å². The van der Waals surface area contributed by atoms with Crippen molar-refractivity contribution < 1.29 is 14.3 Å². The van der Waals surface area contributed by atoms with Gasteiger partial charge in [0.2, 0.25) is 0 Å². The molecule has 1 aromatic carbocycles. The van der Waals surface area contributed by atoms with E-state index in [-0.39, 0.29) is 17.1 Å². The van der Waals surface area contributed by atoms with E-state index in [9.17, 15) is 9.18 Å². The molecule has 1 fully saturated rings. The van der Waals surface area contributed by atoms with Crippen molar-refractivity contribution in [3.8, 4) is 11.3 Å². The van der Waals surface area contributed by atoms with E-state index >= 15 is 0 Å². The van der Waals surface area contributed by atoms with Crippen LogP contribution in [0.2, 0.25) is 0 Å². The topological polar surface area (TPSA) is 66.3 Å². The number of anilines is 1. The predicted octanol–water partition coefficient (Wildman–Crippen LogP) is 3.22. The summed E-state index contributed by atoms with van der Waals surface area (Å²) in [5, 5.41) is 9.17. The predicted molar refractivity (Wildman–Crippen MR) is 85.0 cm³/mol. The van der Waals surface area contributed by atoms with Gasteiger partial charge in [0, 0.05) is 17.6 Å². The molecule has 1 N–H and O–H groups in total. The molecule has 5 nitrogen and oxygen atoms in total. The van der Waals surface area contributed by atoms with Crippen molar-refractivity contribution in [1.82, 2.24) is 9.97 Å². The van der Waals surface area contributed by atoms with Gasteiger partial charge in [-0.2, -0.15) is 0 Å². The Morgan fingerprint density at radius 2 is 2.00 bits per heavy atom. The zero-order valence-corrected chi connectivity index (χ0v) is 13.2. The zero-order valence-electron chi connectivity index (χ0n) is 13.2. The summed E-state index contributed by atoms with van der Waals surface area (Å²) in [7, 11) is 0. The summed E-state index contributed by atoms with van der Waals surface area (Å²) in [5.41, 5.74) is 0.894. The van der Waals surface area contributed by atoms with Gasteiger partial charge in [-0.05, 0) is 44.0 Å². The Hall–Kier alpha value is -2.50. The van der Waals surface area contributed by atoms with Crippen LogP contribution in [0, 0.1) is 11.7 Å². The summed E-state index contributed by atoms with van der Waals surface area (Å²) in [4.78, 5) is 21.9. The first-order valence-corrected chi connectivity index (χ1v) is 7.44. The number of halogens is 1. The molecule has 3 rings (SSSR count). The number of aromatic carboxylic acids is 1. The maximum absolute atomic E-state index is 13.2.